The lowest BCUT2D eigenvalue weighted by molar-refractivity contribution is 0.0588. The van der Waals surface area contributed by atoms with Crippen molar-refractivity contribution in [1.82, 2.24) is 9.55 Å². The summed E-state index contributed by atoms with van der Waals surface area (Å²) in [7, 11) is 3.15. The number of carbonyl (C=O) groups excluding carboxylic acids is 1. The number of aliphatic imine (C=N–C) groups is 1. The van der Waals surface area contributed by atoms with E-state index in [2.05, 4.69) is 9.98 Å². The molecule has 0 saturated heterocycles. The van der Waals surface area contributed by atoms with Gasteiger partial charge < -0.3 is 24.6 Å². The molecule has 1 aliphatic rings. The Hall–Kier alpha value is -3.40. The third-order valence-corrected chi connectivity index (χ3v) is 5.34. The lowest BCUT2D eigenvalue weighted by atomic mass is 10.0. The maximum Gasteiger partial charge on any atom is 0.414 e. The van der Waals surface area contributed by atoms with Crippen molar-refractivity contribution in [3.05, 3.63) is 34.4 Å². The minimum Gasteiger partial charge on any atom is -0.489 e. The van der Waals surface area contributed by atoms with Crippen LogP contribution < -0.4 is 15.3 Å². The molecule has 34 heavy (non-hydrogen) atoms. The van der Waals surface area contributed by atoms with Crippen molar-refractivity contribution < 1.29 is 19.0 Å². The molecule has 1 aliphatic heterocycles. The molecule has 1 aromatic carbocycles. The van der Waals surface area contributed by atoms with Gasteiger partial charge in [0.2, 0.25) is 0 Å². The quantitative estimate of drug-likeness (QED) is 0.590. The lowest BCUT2D eigenvalue weighted by Crippen LogP contribution is -2.34. The Balaban J connectivity index is 2.09. The van der Waals surface area contributed by atoms with Gasteiger partial charge in [-0.3, -0.25) is 4.90 Å². The van der Waals surface area contributed by atoms with Gasteiger partial charge in [-0.15, -0.1) is 0 Å². The molecule has 0 aliphatic carbocycles. The Kier molecular flexibility index (Phi) is 7.61. The number of rotatable bonds is 7. The van der Waals surface area contributed by atoms with Gasteiger partial charge in [0.15, 0.2) is 5.82 Å². The summed E-state index contributed by atoms with van der Waals surface area (Å²) in [5.74, 6) is 0.929. The fourth-order valence-electron chi connectivity index (χ4n) is 3.53. The normalized spacial score (nSPS) is 15.6. The van der Waals surface area contributed by atoms with Crippen LogP contribution in [0.2, 0.25) is 0 Å². The zero-order chi connectivity index (χ0) is 25.0. The van der Waals surface area contributed by atoms with Gasteiger partial charge in [-0.2, -0.15) is 0 Å². The molecule has 1 atom stereocenters. The van der Waals surface area contributed by atoms with Gasteiger partial charge in [0, 0.05) is 20.4 Å². The molecule has 0 fully saturated rings. The number of hydrogen-bond donors (Lipinski definition) is 2. The molecule has 184 valence electrons. The number of methoxy groups -OCH3 is 1. The first kappa shape index (κ1) is 25.2. The summed E-state index contributed by atoms with van der Waals surface area (Å²) in [6, 6.07) is 5.07. The molecule has 10 nitrogen and oxygen atoms in total. The molecule has 0 radical (unpaired) electrons. The summed E-state index contributed by atoms with van der Waals surface area (Å²) in [5.41, 5.74) is 0.539. The highest BCUT2D eigenvalue weighted by atomic mass is 16.6. The van der Waals surface area contributed by atoms with E-state index in [1.165, 1.54) is 9.47 Å². The molecule has 1 aromatic heterocycles. The number of hydrogen-bond acceptors (Lipinski definition) is 7. The Bertz CT molecular complexity index is 1140. The minimum absolute atomic E-state index is 0.127. The predicted octanol–water partition coefficient (Wildman–Crippen LogP) is 4.06. The number of aromatic nitrogens is 2. The van der Waals surface area contributed by atoms with E-state index in [1.807, 2.05) is 6.92 Å². The highest BCUT2D eigenvalue weighted by Crippen LogP contribution is 2.33. The van der Waals surface area contributed by atoms with E-state index in [4.69, 9.17) is 19.6 Å². The van der Waals surface area contributed by atoms with Crippen molar-refractivity contribution in [2.24, 2.45) is 10.9 Å². The van der Waals surface area contributed by atoms with Crippen molar-refractivity contribution in [2.45, 2.75) is 46.1 Å². The lowest BCUT2D eigenvalue weighted by Gasteiger charge is -2.26. The van der Waals surface area contributed by atoms with Gasteiger partial charge in [-0.1, -0.05) is 6.92 Å². The van der Waals surface area contributed by atoms with E-state index >= 15 is 0 Å². The highest BCUT2D eigenvalue weighted by Gasteiger charge is 2.26. The van der Waals surface area contributed by atoms with E-state index < -0.39 is 17.4 Å². The summed E-state index contributed by atoms with van der Waals surface area (Å²) in [5, 5.41) is 8.43. The summed E-state index contributed by atoms with van der Waals surface area (Å²) in [6.07, 6.45) is 2.58. The summed E-state index contributed by atoms with van der Waals surface area (Å²) in [6.45, 7) is 8.06. The van der Waals surface area contributed by atoms with Crippen LogP contribution in [0.15, 0.2) is 28.0 Å². The zero-order valence-electron chi connectivity index (χ0n) is 20.6. The van der Waals surface area contributed by atoms with E-state index in [-0.39, 0.29) is 12.5 Å². The smallest absolute Gasteiger partial charge is 0.414 e. The van der Waals surface area contributed by atoms with Crippen molar-refractivity contribution in [3.63, 3.8) is 0 Å². The summed E-state index contributed by atoms with van der Waals surface area (Å²) in [4.78, 5) is 34.3. The number of benzene rings is 1. The van der Waals surface area contributed by atoms with Crippen LogP contribution in [0.25, 0.3) is 5.69 Å². The highest BCUT2D eigenvalue weighted by molar-refractivity contribution is 6.03. The fraction of sp³-hybridized carbons (Fsp3) is 0.500. The van der Waals surface area contributed by atoms with Gasteiger partial charge in [-0.25, -0.2) is 19.1 Å². The SMILES string of the molecule is CCC1C=Nc2c([nH]c(=O)n2-c2ccc(OCCOC)c(N(C)C(=O)OC(C)(C)C)c2)C(=N)C1. The Morgan fingerprint density at radius 2 is 2.06 bits per heavy atom. The molecule has 1 unspecified atom stereocenters. The largest absolute Gasteiger partial charge is 0.489 e. The molecule has 0 saturated carbocycles. The number of H-pyrrole nitrogens is 1. The van der Waals surface area contributed by atoms with Crippen molar-refractivity contribution in [1.29, 1.82) is 5.41 Å². The first-order valence-corrected chi connectivity index (χ1v) is 11.3. The average molecular weight is 472 g/mol. The van der Waals surface area contributed by atoms with Crippen LogP contribution >= 0.6 is 0 Å². The van der Waals surface area contributed by atoms with Crippen molar-refractivity contribution >= 4 is 29.5 Å². The first-order valence-electron chi connectivity index (χ1n) is 11.3. The molecule has 3 rings (SSSR count). The van der Waals surface area contributed by atoms with Crippen LogP contribution in [-0.2, 0) is 9.47 Å². The minimum atomic E-state index is -0.681. The summed E-state index contributed by atoms with van der Waals surface area (Å²) < 4.78 is 17.8. The second kappa shape index (κ2) is 10.3. The van der Waals surface area contributed by atoms with Gasteiger partial charge >= 0.3 is 11.8 Å². The van der Waals surface area contributed by atoms with E-state index in [1.54, 1.807) is 59.3 Å². The van der Waals surface area contributed by atoms with Crippen LogP contribution in [-0.4, -0.2) is 60.5 Å². The monoisotopic (exact) mass is 471 g/mol. The molecular weight excluding hydrogens is 438 g/mol. The van der Waals surface area contributed by atoms with Crippen LogP contribution in [0.3, 0.4) is 0 Å². The molecule has 2 heterocycles. The molecular formula is C24H33N5O5. The topological polar surface area (TPSA) is 122 Å². The van der Waals surface area contributed by atoms with Gasteiger partial charge in [0.05, 0.1) is 23.7 Å². The number of nitrogens with one attached hydrogen (secondary N) is 2. The van der Waals surface area contributed by atoms with Crippen LogP contribution in [0, 0.1) is 11.3 Å². The van der Waals surface area contributed by atoms with Crippen molar-refractivity contribution in [3.8, 4) is 11.4 Å². The van der Waals surface area contributed by atoms with Crippen molar-refractivity contribution in [2.75, 3.05) is 32.3 Å². The molecule has 1 amide bonds. The maximum atomic E-state index is 12.9. The Labute approximate surface area is 199 Å². The Morgan fingerprint density at radius 3 is 2.71 bits per heavy atom. The molecule has 0 spiro atoms. The van der Waals surface area contributed by atoms with Crippen LogP contribution in [0.4, 0.5) is 16.3 Å². The number of nitrogens with zero attached hydrogens (tertiary/aromatic N) is 3. The number of fused-ring (bicyclic) bond motifs is 1. The predicted molar refractivity (Wildman–Crippen MR) is 132 cm³/mol. The average Bonchev–Trinajstić information content (AvgIpc) is 3.02. The number of aromatic amines is 1. The third kappa shape index (κ3) is 5.56. The standard InChI is InChI=1S/C24H33N5O5/c1-7-15-12-17(25)20-21(26-14-15)29(22(30)27-20)16-8-9-19(33-11-10-32-6)18(13-16)28(5)23(31)34-24(2,3)4/h8-9,13-15,25H,7,10-12H2,1-6H3,(H,27,30). The Morgan fingerprint density at radius 1 is 1.32 bits per heavy atom. The first-order chi connectivity index (χ1) is 16.1. The number of anilines is 1. The summed E-state index contributed by atoms with van der Waals surface area (Å²) >= 11 is 0. The number of ether oxygens (including phenoxy) is 3. The van der Waals surface area contributed by atoms with E-state index in [0.29, 0.717) is 47.4 Å². The van der Waals surface area contributed by atoms with Gasteiger partial charge in [0.25, 0.3) is 0 Å². The van der Waals surface area contributed by atoms with Crippen LogP contribution in [0.5, 0.6) is 5.75 Å². The maximum absolute atomic E-state index is 12.9. The second-order valence-corrected chi connectivity index (χ2v) is 9.13. The number of imidazole rings is 1. The molecule has 0 bridgehead atoms. The van der Waals surface area contributed by atoms with Gasteiger partial charge in [0.1, 0.15) is 23.7 Å². The van der Waals surface area contributed by atoms with E-state index in [9.17, 15) is 9.59 Å². The van der Waals surface area contributed by atoms with Gasteiger partial charge in [-0.05, 0) is 57.7 Å². The third-order valence-electron chi connectivity index (χ3n) is 5.34. The number of amides is 1. The molecule has 2 N–H and O–H groups in total. The molecule has 2 aromatic rings. The number of carbonyl (C=O) groups is 1. The van der Waals surface area contributed by atoms with E-state index in [0.717, 1.165) is 6.42 Å². The zero-order valence-corrected chi connectivity index (χ0v) is 20.6. The van der Waals surface area contributed by atoms with Crippen LogP contribution in [0.1, 0.15) is 46.2 Å². The second-order valence-electron chi connectivity index (χ2n) is 9.13. The molecule has 10 heteroatoms. The fourth-order valence-corrected chi connectivity index (χ4v) is 3.53.